The van der Waals surface area contributed by atoms with E-state index in [1.165, 1.54) is 14.0 Å². The summed E-state index contributed by atoms with van der Waals surface area (Å²) in [5.74, 6) is -0.544. The Bertz CT molecular complexity index is 396. The van der Waals surface area contributed by atoms with Gasteiger partial charge < -0.3 is 9.84 Å². The summed E-state index contributed by atoms with van der Waals surface area (Å²) in [6.07, 6.45) is -0.114. The fourth-order valence-electron chi connectivity index (χ4n) is 1.26. The van der Waals surface area contributed by atoms with Gasteiger partial charge in [-0.15, -0.1) is 0 Å². The van der Waals surface area contributed by atoms with Gasteiger partial charge in [-0.05, 0) is 30.7 Å². The van der Waals surface area contributed by atoms with Gasteiger partial charge in [0.1, 0.15) is 5.75 Å². The molecule has 0 aliphatic rings. The van der Waals surface area contributed by atoms with Crippen molar-refractivity contribution < 1.29 is 19.4 Å². The number of carbonyl (C=O) groups is 2. The van der Waals surface area contributed by atoms with Gasteiger partial charge in [0.25, 0.3) is 0 Å². The molecule has 0 bridgehead atoms. The molecule has 0 saturated heterocycles. The van der Waals surface area contributed by atoms with Crippen LogP contribution in [0.4, 0.5) is 0 Å². The van der Waals surface area contributed by atoms with E-state index in [1.54, 1.807) is 18.2 Å². The highest BCUT2D eigenvalue weighted by atomic mass is 16.5. The van der Waals surface area contributed by atoms with Crippen LogP contribution in [0.3, 0.4) is 0 Å². The van der Waals surface area contributed by atoms with Crippen LogP contribution in [0.25, 0.3) is 0 Å². The molecule has 15 heavy (non-hydrogen) atoms. The second-order valence-corrected chi connectivity index (χ2v) is 3.20. The maximum atomic E-state index is 11.1. The summed E-state index contributed by atoms with van der Waals surface area (Å²) in [6.45, 7) is 1.43. The van der Waals surface area contributed by atoms with Gasteiger partial charge in [-0.3, -0.25) is 9.59 Å². The third-order valence-corrected chi connectivity index (χ3v) is 1.96. The van der Waals surface area contributed by atoms with Gasteiger partial charge >= 0.3 is 5.97 Å². The zero-order chi connectivity index (χ0) is 11.4. The van der Waals surface area contributed by atoms with Gasteiger partial charge in [0.2, 0.25) is 0 Å². The molecule has 1 aromatic rings. The average Bonchev–Trinajstić information content (AvgIpc) is 2.16. The quantitative estimate of drug-likeness (QED) is 0.762. The van der Waals surface area contributed by atoms with Crippen LogP contribution in [0.1, 0.15) is 22.8 Å². The molecule has 0 unspecified atom stereocenters. The smallest absolute Gasteiger partial charge is 0.307 e. The molecule has 0 amide bonds. The number of Topliss-reactive ketones (excluding diaryl/α,β-unsaturated/α-hetero) is 1. The predicted octanol–water partition coefficient (Wildman–Crippen LogP) is 1.52. The molecule has 4 heteroatoms. The van der Waals surface area contributed by atoms with Crippen LogP contribution in [-0.2, 0) is 11.2 Å². The largest absolute Gasteiger partial charge is 0.497 e. The summed E-state index contributed by atoms with van der Waals surface area (Å²) in [5, 5.41) is 8.63. The van der Waals surface area contributed by atoms with Crippen molar-refractivity contribution in [2.75, 3.05) is 7.11 Å². The summed E-state index contributed by atoms with van der Waals surface area (Å²) >= 11 is 0. The summed E-state index contributed by atoms with van der Waals surface area (Å²) in [7, 11) is 1.48. The first kappa shape index (κ1) is 11.2. The minimum Gasteiger partial charge on any atom is -0.497 e. The van der Waals surface area contributed by atoms with Crippen LogP contribution in [0.5, 0.6) is 5.75 Å². The van der Waals surface area contributed by atoms with E-state index >= 15 is 0 Å². The van der Waals surface area contributed by atoms with Crippen molar-refractivity contribution in [1.29, 1.82) is 0 Å². The first-order chi connectivity index (χ1) is 7.02. The van der Waals surface area contributed by atoms with E-state index < -0.39 is 5.97 Å². The van der Waals surface area contributed by atoms with Crippen LogP contribution in [-0.4, -0.2) is 24.0 Å². The van der Waals surface area contributed by atoms with Crippen LogP contribution in [0.2, 0.25) is 0 Å². The Morgan fingerprint density at radius 2 is 2.00 bits per heavy atom. The molecule has 1 aromatic carbocycles. The Balaban J connectivity index is 3.11. The van der Waals surface area contributed by atoms with Crippen molar-refractivity contribution in [3.63, 3.8) is 0 Å². The molecule has 0 atom stereocenters. The normalized spacial score (nSPS) is 9.73. The van der Waals surface area contributed by atoms with Crippen molar-refractivity contribution in [3.8, 4) is 5.75 Å². The molecule has 80 valence electrons. The first-order valence-corrected chi connectivity index (χ1v) is 4.43. The van der Waals surface area contributed by atoms with Gasteiger partial charge in [-0.25, -0.2) is 0 Å². The molecule has 1 N–H and O–H groups in total. The number of carboxylic acids is 1. The summed E-state index contributed by atoms with van der Waals surface area (Å²) < 4.78 is 4.98. The van der Waals surface area contributed by atoms with Gasteiger partial charge in [0, 0.05) is 5.56 Å². The first-order valence-electron chi connectivity index (χ1n) is 4.43. The van der Waals surface area contributed by atoms with Crippen molar-refractivity contribution in [1.82, 2.24) is 0 Å². The van der Waals surface area contributed by atoms with Crippen molar-refractivity contribution in [3.05, 3.63) is 29.3 Å². The molecule has 4 nitrogen and oxygen atoms in total. The predicted molar refractivity (Wildman–Crippen MR) is 54.3 cm³/mol. The fraction of sp³-hybridized carbons (Fsp3) is 0.273. The Morgan fingerprint density at radius 1 is 1.33 bits per heavy atom. The maximum absolute atomic E-state index is 11.1. The monoisotopic (exact) mass is 208 g/mol. The topological polar surface area (TPSA) is 63.6 Å². The Labute approximate surface area is 87.5 Å². The number of hydrogen-bond donors (Lipinski definition) is 1. The fourth-order valence-corrected chi connectivity index (χ4v) is 1.26. The van der Waals surface area contributed by atoms with E-state index in [4.69, 9.17) is 9.84 Å². The maximum Gasteiger partial charge on any atom is 0.307 e. The minimum atomic E-state index is -0.933. The third kappa shape index (κ3) is 3.09. The second kappa shape index (κ2) is 4.59. The molecule has 0 radical (unpaired) electrons. The highest BCUT2D eigenvalue weighted by Crippen LogP contribution is 2.17. The average molecular weight is 208 g/mol. The van der Waals surface area contributed by atoms with Crippen LogP contribution in [0, 0.1) is 0 Å². The van der Waals surface area contributed by atoms with Crippen LogP contribution in [0.15, 0.2) is 18.2 Å². The third-order valence-electron chi connectivity index (χ3n) is 1.96. The molecule has 0 aromatic heterocycles. The Kier molecular flexibility index (Phi) is 3.44. The summed E-state index contributed by atoms with van der Waals surface area (Å²) in [4.78, 5) is 21.7. The molecular weight excluding hydrogens is 196 g/mol. The lowest BCUT2D eigenvalue weighted by molar-refractivity contribution is -0.136. The van der Waals surface area contributed by atoms with E-state index in [2.05, 4.69) is 0 Å². The van der Waals surface area contributed by atoms with E-state index in [-0.39, 0.29) is 12.2 Å². The standard InChI is InChI=1S/C11H12O4/c1-7(12)9-3-8(5-11(13)14)4-10(6-9)15-2/h3-4,6H,5H2,1-2H3,(H,13,14). The van der Waals surface area contributed by atoms with Crippen LogP contribution >= 0.6 is 0 Å². The van der Waals surface area contributed by atoms with Crippen molar-refractivity contribution in [2.24, 2.45) is 0 Å². The van der Waals surface area contributed by atoms with Gasteiger partial charge in [0.15, 0.2) is 5.78 Å². The number of carboxylic acid groups (broad SMARTS) is 1. The lowest BCUT2D eigenvalue weighted by Crippen LogP contribution is -2.02. The second-order valence-electron chi connectivity index (χ2n) is 3.20. The van der Waals surface area contributed by atoms with E-state index in [1.807, 2.05) is 0 Å². The number of carbonyl (C=O) groups excluding carboxylic acids is 1. The molecular formula is C11H12O4. The zero-order valence-electron chi connectivity index (χ0n) is 8.61. The number of methoxy groups -OCH3 is 1. The number of ketones is 1. The Hall–Kier alpha value is -1.84. The molecule has 0 fully saturated rings. The lowest BCUT2D eigenvalue weighted by atomic mass is 10.1. The number of benzene rings is 1. The molecule has 1 rings (SSSR count). The van der Waals surface area contributed by atoms with Gasteiger partial charge in [0.05, 0.1) is 13.5 Å². The Morgan fingerprint density at radius 3 is 2.47 bits per heavy atom. The molecule has 0 aliphatic heterocycles. The number of hydrogen-bond acceptors (Lipinski definition) is 3. The molecule has 0 aliphatic carbocycles. The van der Waals surface area contributed by atoms with Crippen molar-refractivity contribution in [2.45, 2.75) is 13.3 Å². The number of aliphatic carboxylic acids is 1. The van der Waals surface area contributed by atoms with Gasteiger partial charge in [-0.1, -0.05) is 0 Å². The van der Waals surface area contributed by atoms with Crippen LogP contribution < -0.4 is 4.74 Å². The molecule has 0 spiro atoms. The number of rotatable bonds is 4. The molecule has 0 heterocycles. The SMILES string of the molecule is COc1cc(CC(=O)O)cc(C(C)=O)c1. The summed E-state index contributed by atoms with van der Waals surface area (Å²) in [6, 6.07) is 4.77. The van der Waals surface area contributed by atoms with Gasteiger partial charge in [-0.2, -0.15) is 0 Å². The molecule has 0 saturated carbocycles. The zero-order valence-corrected chi connectivity index (χ0v) is 8.61. The van der Waals surface area contributed by atoms with E-state index in [9.17, 15) is 9.59 Å². The minimum absolute atomic E-state index is 0.111. The number of ether oxygens (including phenoxy) is 1. The van der Waals surface area contributed by atoms with Crippen molar-refractivity contribution >= 4 is 11.8 Å². The summed E-state index contributed by atoms with van der Waals surface area (Å²) in [5.41, 5.74) is 1.03. The van der Waals surface area contributed by atoms with E-state index in [0.717, 1.165) is 0 Å². The van der Waals surface area contributed by atoms with E-state index in [0.29, 0.717) is 16.9 Å². The highest BCUT2D eigenvalue weighted by molar-refractivity contribution is 5.94. The highest BCUT2D eigenvalue weighted by Gasteiger charge is 2.07. The lowest BCUT2D eigenvalue weighted by Gasteiger charge is -2.05.